The fraction of sp³-hybridized carbons (Fsp3) is 0.222. The van der Waals surface area contributed by atoms with E-state index in [4.69, 9.17) is 5.26 Å². The number of benzene rings is 1. The maximum absolute atomic E-state index is 14.3. The molecule has 5 rings (SSSR count). The number of carbonyl (C=O) groups excluding carboxylic acids is 1. The Labute approximate surface area is 212 Å². The lowest BCUT2D eigenvalue weighted by Gasteiger charge is -2.22. The van der Waals surface area contributed by atoms with E-state index >= 15 is 0 Å². The summed E-state index contributed by atoms with van der Waals surface area (Å²) in [5, 5.41) is 25.6. The monoisotopic (exact) mass is 497 g/mol. The maximum atomic E-state index is 14.3. The first-order valence-corrected chi connectivity index (χ1v) is 11.6. The van der Waals surface area contributed by atoms with Crippen LogP contribution in [-0.4, -0.2) is 50.1 Å². The summed E-state index contributed by atoms with van der Waals surface area (Å²) in [5.74, 6) is -0.0424. The Morgan fingerprint density at radius 3 is 2.86 bits per heavy atom. The lowest BCUT2D eigenvalue weighted by molar-refractivity contribution is -0.00177. The van der Waals surface area contributed by atoms with Gasteiger partial charge >= 0.3 is 0 Å². The van der Waals surface area contributed by atoms with Gasteiger partial charge in [-0.2, -0.15) is 5.26 Å². The van der Waals surface area contributed by atoms with Gasteiger partial charge in [-0.3, -0.25) is 14.4 Å². The molecule has 4 aromatic rings. The van der Waals surface area contributed by atoms with Crippen molar-refractivity contribution in [3.05, 3.63) is 77.2 Å². The Hall–Kier alpha value is -4.62. The predicted octanol–water partition coefficient (Wildman–Crippen LogP) is 3.81. The van der Waals surface area contributed by atoms with Gasteiger partial charge in [0.1, 0.15) is 23.7 Å². The van der Waals surface area contributed by atoms with E-state index in [2.05, 4.69) is 31.7 Å². The number of nitriles is 1. The number of carbonyl (C=O) groups is 1. The summed E-state index contributed by atoms with van der Waals surface area (Å²) in [5.41, 5.74) is 2.97. The van der Waals surface area contributed by atoms with Gasteiger partial charge in [0.05, 0.1) is 35.5 Å². The number of rotatable bonds is 7. The molecule has 37 heavy (non-hydrogen) atoms. The molecule has 0 aliphatic carbocycles. The minimum atomic E-state index is -1.65. The summed E-state index contributed by atoms with van der Waals surface area (Å²) in [6.07, 6.45) is 4.84. The molecule has 0 fully saturated rings. The quantitative estimate of drug-likeness (QED) is 0.356. The molecule has 186 valence electrons. The second kappa shape index (κ2) is 9.44. The zero-order valence-electron chi connectivity index (χ0n) is 20.2. The smallest absolute Gasteiger partial charge is 0.255 e. The van der Waals surface area contributed by atoms with E-state index in [1.54, 1.807) is 29.1 Å². The first-order chi connectivity index (χ1) is 17.7. The highest BCUT2D eigenvalue weighted by molar-refractivity contribution is 6.00. The van der Waals surface area contributed by atoms with Gasteiger partial charge in [0.15, 0.2) is 0 Å². The molecule has 0 bridgehead atoms. The number of anilines is 2. The lowest BCUT2D eigenvalue weighted by atomic mass is 10.0. The third kappa shape index (κ3) is 4.90. The first-order valence-electron chi connectivity index (χ1n) is 11.6. The minimum absolute atomic E-state index is 0.206. The standard InChI is InChI=1S/C27H24FN7O2/c1-27(2,37)23(28)15-33-26(36)21-14-31-24(35-6-5-17-7-16(10-29)11-32-25(17)35)9-22(21)34-20-4-3-18-12-30-13-19(18)8-20/h3-9,11,13-14,23,37H,12,15H2,1-2H3,(H,31,34)(H,33,36)/t23-/m1/s1. The second-order valence-electron chi connectivity index (χ2n) is 9.36. The molecule has 1 aliphatic heterocycles. The number of pyridine rings is 2. The molecule has 1 atom stereocenters. The number of aliphatic imine (C=N–C) groups is 1. The number of nitrogens with one attached hydrogen (secondary N) is 2. The van der Waals surface area contributed by atoms with Gasteiger partial charge in [-0.05, 0) is 49.2 Å². The van der Waals surface area contributed by atoms with Gasteiger partial charge in [0.2, 0.25) is 0 Å². The van der Waals surface area contributed by atoms with Crippen molar-refractivity contribution < 1.29 is 14.3 Å². The van der Waals surface area contributed by atoms with Crippen LogP contribution in [0.4, 0.5) is 15.8 Å². The fourth-order valence-electron chi connectivity index (χ4n) is 3.99. The minimum Gasteiger partial charge on any atom is -0.387 e. The molecule has 0 saturated heterocycles. The molecule has 0 radical (unpaired) electrons. The van der Waals surface area contributed by atoms with Crippen molar-refractivity contribution >= 4 is 34.5 Å². The number of alkyl halides is 1. The lowest BCUT2D eigenvalue weighted by Crippen LogP contribution is -2.42. The zero-order valence-corrected chi connectivity index (χ0v) is 20.2. The third-order valence-electron chi connectivity index (χ3n) is 6.16. The summed E-state index contributed by atoms with van der Waals surface area (Å²) >= 11 is 0. The van der Waals surface area contributed by atoms with Crippen molar-refractivity contribution in [2.75, 3.05) is 11.9 Å². The van der Waals surface area contributed by atoms with Crippen LogP contribution in [0, 0.1) is 11.3 Å². The van der Waals surface area contributed by atoms with Crippen molar-refractivity contribution in [2.24, 2.45) is 4.99 Å². The maximum Gasteiger partial charge on any atom is 0.255 e. The molecule has 1 aliphatic rings. The number of halogens is 1. The Morgan fingerprint density at radius 1 is 1.24 bits per heavy atom. The van der Waals surface area contributed by atoms with Gasteiger partial charge in [-0.15, -0.1) is 0 Å². The van der Waals surface area contributed by atoms with Crippen LogP contribution in [0.2, 0.25) is 0 Å². The average molecular weight is 498 g/mol. The Bertz CT molecular complexity index is 1580. The van der Waals surface area contributed by atoms with E-state index in [1.165, 1.54) is 26.2 Å². The largest absolute Gasteiger partial charge is 0.387 e. The van der Waals surface area contributed by atoms with Crippen molar-refractivity contribution in [3.63, 3.8) is 0 Å². The molecule has 1 aromatic carbocycles. The van der Waals surface area contributed by atoms with Gasteiger partial charge in [-0.1, -0.05) is 6.07 Å². The SMILES string of the molecule is CC(C)(O)[C@H](F)CNC(=O)c1cnc(-n2ccc3cc(C#N)cnc32)cc1Nc1ccc2c(c1)C=NC2. The van der Waals surface area contributed by atoms with E-state index < -0.39 is 17.7 Å². The highest BCUT2D eigenvalue weighted by Crippen LogP contribution is 2.27. The molecule has 3 N–H and O–H groups in total. The summed E-state index contributed by atoms with van der Waals surface area (Å²) in [6, 6.07) is 13.2. The van der Waals surface area contributed by atoms with Crippen LogP contribution in [0.3, 0.4) is 0 Å². The number of hydrogen-bond acceptors (Lipinski definition) is 7. The topological polar surface area (TPSA) is 128 Å². The van der Waals surface area contributed by atoms with Crippen molar-refractivity contribution in [2.45, 2.75) is 32.2 Å². The number of aromatic nitrogens is 3. The van der Waals surface area contributed by atoms with E-state index in [0.717, 1.165) is 22.2 Å². The molecule has 4 heterocycles. The molecule has 0 saturated carbocycles. The summed E-state index contributed by atoms with van der Waals surface area (Å²) < 4.78 is 16.0. The third-order valence-corrected chi connectivity index (χ3v) is 6.16. The molecule has 1 amide bonds. The van der Waals surface area contributed by atoms with E-state index in [0.29, 0.717) is 29.3 Å². The molecule has 3 aromatic heterocycles. The highest BCUT2D eigenvalue weighted by atomic mass is 19.1. The molecular formula is C27H24FN7O2. The summed E-state index contributed by atoms with van der Waals surface area (Å²) in [4.78, 5) is 26.2. The molecule has 0 spiro atoms. The Balaban J connectivity index is 1.51. The zero-order chi connectivity index (χ0) is 26.2. The number of fused-ring (bicyclic) bond motifs is 2. The van der Waals surface area contributed by atoms with Gasteiger partial charge < -0.3 is 15.7 Å². The molecule has 0 unspecified atom stereocenters. The molecule has 9 nitrogen and oxygen atoms in total. The summed E-state index contributed by atoms with van der Waals surface area (Å²) in [7, 11) is 0. The summed E-state index contributed by atoms with van der Waals surface area (Å²) in [6.45, 7) is 2.97. The van der Waals surface area contributed by atoms with Crippen LogP contribution >= 0.6 is 0 Å². The number of hydrogen-bond donors (Lipinski definition) is 3. The van der Waals surface area contributed by atoms with Crippen LogP contribution < -0.4 is 10.6 Å². The highest BCUT2D eigenvalue weighted by Gasteiger charge is 2.27. The van der Waals surface area contributed by atoms with Gasteiger partial charge in [-0.25, -0.2) is 14.4 Å². The van der Waals surface area contributed by atoms with E-state index in [1.807, 2.05) is 24.3 Å². The molecule has 10 heteroatoms. The predicted molar refractivity (Wildman–Crippen MR) is 138 cm³/mol. The number of nitrogens with zero attached hydrogens (tertiary/aromatic N) is 5. The Kier molecular flexibility index (Phi) is 6.15. The normalized spacial score (nSPS) is 13.3. The van der Waals surface area contributed by atoms with Crippen LogP contribution in [-0.2, 0) is 6.54 Å². The van der Waals surface area contributed by atoms with Crippen molar-refractivity contribution in [3.8, 4) is 11.9 Å². The van der Waals surface area contributed by atoms with Gasteiger partial charge in [0.25, 0.3) is 5.91 Å². The van der Waals surface area contributed by atoms with Gasteiger partial charge in [0, 0.05) is 41.9 Å². The van der Waals surface area contributed by atoms with Crippen molar-refractivity contribution in [1.29, 1.82) is 5.26 Å². The second-order valence-corrected chi connectivity index (χ2v) is 9.36. The Morgan fingerprint density at radius 2 is 2.08 bits per heavy atom. The number of amides is 1. The first kappa shape index (κ1) is 24.1. The van der Waals surface area contributed by atoms with Crippen LogP contribution in [0.1, 0.15) is 40.9 Å². The van der Waals surface area contributed by atoms with Crippen molar-refractivity contribution in [1.82, 2.24) is 19.9 Å². The molecular weight excluding hydrogens is 473 g/mol. The fourth-order valence-corrected chi connectivity index (χ4v) is 3.99. The average Bonchev–Trinajstić information content (AvgIpc) is 3.52. The van der Waals surface area contributed by atoms with Crippen LogP contribution in [0.15, 0.2) is 60.0 Å². The number of aliphatic hydroxyl groups is 1. The van der Waals surface area contributed by atoms with E-state index in [-0.39, 0.29) is 12.1 Å². The van der Waals surface area contributed by atoms with Crippen LogP contribution in [0.25, 0.3) is 16.9 Å². The van der Waals surface area contributed by atoms with Crippen LogP contribution in [0.5, 0.6) is 0 Å². The van der Waals surface area contributed by atoms with E-state index in [9.17, 15) is 14.3 Å².